The monoisotopic (exact) mass is 115 g/mol. The fourth-order valence-corrected chi connectivity index (χ4v) is 0.866. The average molecular weight is 115 g/mol. The van der Waals surface area contributed by atoms with Gasteiger partial charge in [-0.25, -0.2) is 4.39 Å². The summed E-state index contributed by atoms with van der Waals surface area (Å²) in [6.45, 7) is 3.52. The van der Waals surface area contributed by atoms with Crippen LogP contribution in [0.1, 0.15) is 4.88 Å². The van der Waals surface area contributed by atoms with E-state index in [1.165, 1.54) is 22.8 Å². The first-order valence-corrected chi connectivity index (χ1v) is 2.73. The predicted molar refractivity (Wildman–Crippen MR) is 28.7 cm³/mol. The summed E-state index contributed by atoms with van der Waals surface area (Å²) in [5.41, 5.74) is 0. The van der Waals surface area contributed by atoms with E-state index in [0.717, 1.165) is 4.88 Å². The second kappa shape index (κ2) is 1.62. The van der Waals surface area contributed by atoms with Gasteiger partial charge in [-0.2, -0.15) is 0 Å². The van der Waals surface area contributed by atoms with Gasteiger partial charge >= 0.3 is 0 Å². The van der Waals surface area contributed by atoms with Crippen molar-refractivity contribution in [1.82, 2.24) is 0 Å². The van der Waals surface area contributed by atoms with Gasteiger partial charge in [-0.15, -0.1) is 11.3 Å². The lowest BCUT2D eigenvalue weighted by atomic mass is 10.5. The second-order valence-corrected chi connectivity index (χ2v) is 2.23. The summed E-state index contributed by atoms with van der Waals surface area (Å²) in [5.74, 6) is -0.185. The Balaban J connectivity index is 3.04. The van der Waals surface area contributed by atoms with Crippen molar-refractivity contribution in [3.63, 3.8) is 0 Å². The minimum absolute atomic E-state index is 0.185. The van der Waals surface area contributed by atoms with Crippen molar-refractivity contribution in [2.45, 2.75) is 0 Å². The van der Waals surface area contributed by atoms with E-state index in [4.69, 9.17) is 0 Å². The van der Waals surface area contributed by atoms with Crippen molar-refractivity contribution in [2.24, 2.45) is 0 Å². The Morgan fingerprint density at radius 3 is 2.57 bits per heavy atom. The fraction of sp³-hybridized carbons (Fsp3) is 0. The normalized spacial score (nSPS) is 9.43. The number of thiophene rings is 1. The van der Waals surface area contributed by atoms with E-state index in [2.05, 4.69) is 6.92 Å². The van der Waals surface area contributed by atoms with Crippen LogP contribution >= 0.6 is 11.3 Å². The third-order valence-electron chi connectivity index (χ3n) is 0.622. The van der Waals surface area contributed by atoms with Crippen LogP contribution < -0.4 is 0 Å². The highest BCUT2D eigenvalue weighted by molar-refractivity contribution is 7.10. The molecule has 0 saturated carbocycles. The standard InChI is InChI=1S/C5H4FS/c1-4-2-5(6)3-7-4/h2-3H,1H2. The van der Waals surface area contributed by atoms with E-state index in [-0.39, 0.29) is 5.82 Å². The Kier molecular flexibility index (Phi) is 1.11. The van der Waals surface area contributed by atoms with Gasteiger partial charge in [-0.1, -0.05) is 0 Å². The van der Waals surface area contributed by atoms with Crippen LogP contribution in [0.5, 0.6) is 0 Å². The van der Waals surface area contributed by atoms with Gasteiger partial charge in [0.05, 0.1) is 0 Å². The molecule has 0 fully saturated rings. The molecule has 0 unspecified atom stereocenters. The highest BCUT2D eigenvalue weighted by Crippen LogP contribution is 2.09. The van der Waals surface area contributed by atoms with Gasteiger partial charge in [-0.3, -0.25) is 0 Å². The maximum atomic E-state index is 11.9. The van der Waals surface area contributed by atoms with Crippen LogP contribution in [0.15, 0.2) is 11.4 Å². The summed E-state index contributed by atoms with van der Waals surface area (Å²) in [6.07, 6.45) is 0. The third kappa shape index (κ3) is 0.996. The Morgan fingerprint density at radius 2 is 2.43 bits per heavy atom. The smallest absolute Gasteiger partial charge is 0.134 e. The Labute approximate surface area is 45.6 Å². The first-order valence-electron chi connectivity index (χ1n) is 1.85. The molecule has 7 heavy (non-hydrogen) atoms. The van der Waals surface area contributed by atoms with Crippen LogP contribution in [0.3, 0.4) is 0 Å². The molecule has 0 aromatic carbocycles. The molecule has 1 aromatic heterocycles. The topological polar surface area (TPSA) is 0 Å². The fourth-order valence-electron chi connectivity index (χ4n) is 0.354. The molecule has 0 saturated heterocycles. The first kappa shape index (κ1) is 4.78. The molecule has 1 radical (unpaired) electrons. The summed E-state index contributed by atoms with van der Waals surface area (Å²) in [4.78, 5) is 0.775. The molecule has 0 aliphatic rings. The molecule has 0 bridgehead atoms. The van der Waals surface area contributed by atoms with Crippen LogP contribution in [-0.4, -0.2) is 0 Å². The van der Waals surface area contributed by atoms with Gasteiger partial charge in [0.25, 0.3) is 0 Å². The molecule has 1 rings (SSSR count). The SMILES string of the molecule is [CH2]c1cc(F)cs1. The molecule has 0 nitrogen and oxygen atoms in total. The van der Waals surface area contributed by atoms with Crippen molar-refractivity contribution in [3.8, 4) is 0 Å². The number of halogens is 1. The molecule has 0 spiro atoms. The Hall–Kier alpha value is -0.370. The third-order valence-corrected chi connectivity index (χ3v) is 1.39. The highest BCUT2D eigenvalue weighted by Gasteiger charge is 1.88. The van der Waals surface area contributed by atoms with E-state index in [1.54, 1.807) is 0 Å². The molecular formula is C5H4FS. The lowest BCUT2D eigenvalue weighted by Crippen LogP contribution is -1.54. The minimum Gasteiger partial charge on any atom is -0.206 e. The summed E-state index contributed by atoms with van der Waals surface area (Å²) in [7, 11) is 0. The Bertz CT molecular complexity index is 140. The van der Waals surface area contributed by atoms with Gasteiger partial charge in [-0.05, 0) is 13.0 Å². The van der Waals surface area contributed by atoms with Crippen LogP contribution in [0.25, 0.3) is 0 Å². The van der Waals surface area contributed by atoms with Gasteiger partial charge in [0.15, 0.2) is 0 Å². The number of hydrogen-bond acceptors (Lipinski definition) is 1. The van der Waals surface area contributed by atoms with Gasteiger partial charge in [0.2, 0.25) is 0 Å². The summed E-state index contributed by atoms with van der Waals surface area (Å²) in [5, 5.41) is 1.43. The van der Waals surface area contributed by atoms with Crippen molar-refractivity contribution in [2.75, 3.05) is 0 Å². The van der Waals surface area contributed by atoms with Gasteiger partial charge in [0.1, 0.15) is 5.82 Å². The zero-order chi connectivity index (χ0) is 5.28. The van der Waals surface area contributed by atoms with Crippen molar-refractivity contribution in [3.05, 3.63) is 29.1 Å². The molecule has 1 heterocycles. The van der Waals surface area contributed by atoms with E-state index in [9.17, 15) is 4.39 Å². The van der Waals surface area contributed by atoms with Crippen LogP contribution in [0.2, 0.25) is 0 Å². The molecule has 0 N–H and O–H groups in total. The van der Waals surface area contributed by atoms with Gasteiger partial charge in [0, 0.05) is 10.3 Å². The maximum absolute atomic E-state index is 11.9. The highest BCUT2D eigenvalue weighted by atomic mass is 32.1. The zero-order valence-electron chi connectivity index (χ0n) is 3.65. The Morgan fingerprint density at radius 1 is 1.71 bits per heavy atom. The average Bonchev–Trinajstić information content (AvgIpc) is 1.87. The summed E-state index contributed by atoms with van der Waals surface area (Å²) >= 11 is 1.32. The summed E-state index contributed by atoms with van der Waals surface area (Å²) < 4.78 is 11.9. The first-order chi connectivity index (χ1) is 3.29. The molecule has 0 aliphatic heterocycles. The molecular weight excluding hydrogens is 111 g/mol. The molecule has 2 heteroatoms. The largest absolute Gasteiger partial charge is 0.206 e. The van der Waals surface area contributed by atoms with E-state index >= 15 is 0 Å². The van der Waals surface area contributed by atoms with E-state index in [0.29, 0.717) is 0 Å². The number of rotatable bonds is 0. The molecule has 0 amide bonds. The van der Waals surface area contributed by atoms with E-state index in [1.807, 2.05) is 0 Å². The minimum atomic E-state index is -0.185. The molecule has 37 valence electrons. The second-order valence-electron chi connectivity index (χ2n) is 1.23. The molecule has 0 atom stereocenters. The van der Waals surface area contributed by atoms with Crippen molar-refractivity contribution in [1.29, 1.82) is 0 Å². The number of hydrogen-bond donors (Lipinski definition) is 0. The van der Waals surface area contributed by atoms with Crippen molar-refractivity contribution >= 4 is 11.3 Å². The van der Waals surface area contributed by atoms with Crippen LogP contribution in [-0.2, 0) is 0 Å². The van der Waals surface area contributed by atoms with Crippen molar-refractivity contribution < 1.29 is 4.39 Å². The lowest BCUT2D eigenvalue weighted by molar-refractivity contribution is 0.633. The molecule has 0 aliphatic carbocycles. The lowest BCUT2D eigenvalue weighted by Gasteiger charge is -1.67. The maximum Gasteiger partial charge on any atom is 0.134 e. The molecule has 1 aromatic rings. The quantitative estimate of drug-likeness (QED) is 0.485. The van der Waals surface area contributed by atoms with Crippen LogP contribution in [0.4, 0.5) is 4.39 Å². The van der Waals surface area contributed by atoms with Gasteiger partial charge < -0.3 is 0 Å². The zero-order valence-corrected chi connectivity index (χ0v) is 4.46. The van der Waals surface area contributed by atoms with E-state index < -0.39 is 0 Å². The predicted octanol–water partition coefficient (Wildman–Crippen LogP) is 2.07. The van der Waals surface area contributed by atoms with Crippen LogP contribution in [0, 0.1) is 12.7 Å². The summed E-state index contributed by atoms with van der Waals surface area (Å²) in [6, 6.07) is 1.41.